The largest absolute Gasteiger partial charge is 0.489 e. The maximum absolute atomic E-state index is 5.81. The molecular formula is C18H18BrN3OS. The van der Waals surface area contributed by atoms with Crippen LogP contribution in [-0.4, -0.2) is 17.9 Å². The van der Waals surface area contributed by atoms with Crippen molar-refractivity contribution < 1.29 is 4.74 Å². The van der Waals surface area contributed by atoms with Gasteiger partial charge in [0.15, 0.2) is 5.11 Å². The Bertz CT molecular complexity index is 716. The van der Waals surface area contributed by atoms with Gasteiger partial charge in [-0.25, -0.2) is 0 Å². The molecule has 4 nitrogen and oxygen atoms in total. The molecule has 2 N–H and O–H groups in total. The van der Waals surface area contributed by atoms with E-state index in [1.165, 1.54) is 0 Å². The Morgan fingerprint density at radius 2 is 2.04 bits per heavy atom. The molecule has 0 aliphatic heterocycles. The molecule has 0 saturated carbocycles. The van der Waals surface area contributed by atoms with Crippen LogP contribution >= 0.6 is 28.1 Å². The summed E-state index contributed by atoms with van der Waals surface area (Å²) in [5, 5.41) is 7.48. The summed E-state index contributed by atoms with van der Waals surface area (Å²) in [6, 6.07) is 15.7. The number of rotatable bonds is 7. The highest BCUT2D eigenvalue weighted by atomic mass is 79.9. The fourth-order valence-electron chi connectivity index (χ4n) is 1.80. The Hall–Kier alpha value is -2.18. The number of hydrazone groups is 1. The lowest BCUT2D eigenvalue weighted by Gasteiger charge is -2.07. The highest BCUT2D eigenvalue weighted by Gasteiger charge is 1.98. The molecule has 0 heterocycles. The van der Waals surface area contributed by atoms with Crippen molar-refractivity contribution in [3.8, 4) is 5.75 Å². The topological polar surface area (TPSA) is 45.7 Å². The number of ether oxygens (including phenoxy) is 1. The number of thiocarbonyl (C=S) groups is 1. The quantitative estimate of drug-likeness (QED) is 0.317. The van der Waals surface area contributed by atoms with Gasteiger partial charge in [-0.05, 0) is 47.6 Å². The number of nitrogens with one attached hydrogen (secondary N) is 2. The first kappa shape index (κ1) is 18.2. The molecule has 0 aliphatic carbocycles. The summed E-state index contributed by atoms with van der Waals surface area (Å²) in [6.07, 6.45) is 3.41. The predicted molar refractivity (Wildman–Crippen MR) is 106 cm³/mol. The lowest BCUT2D eigenvalue weighted by atomic mass is 10.2. The average Bonchev–Trinajstić information content (AvgIpc) is 2.60. The molecule has 0 atom stereocenters. The van der Waals surface area contributed by atoms with Gasteiger partial charge in [-0.3, -0.25) is 5.43 Å². The number of hydrogen-bond donors (Lipinski definition) is 2. The second-order valence-corrected chi connectivity index (χ2v) is 6.18. The number of nitrogens with zero attached hydrogens (tertiary/aromatic N) is 1. The number of benzene rings is 2. The first-order chi connectivity index (χ1) is 11.7. The SMILES string of the molecule is C=CCNC(=S)N/N=C/c1cccc(OCc2ccc(Br)cc2)c1. The van der Waals surface area contributed by atoms with Crippen LogP contribution in [-0.2, 0) is 6.61 Å². The Labute approximate surface area is 155 Å². The summed E-state index contributed by atoms with van der Waals surface area (Å²) >= 11 is 8.47. The fraction of sp³-hybridized carbons (Fsp3) is 0.111. The summed E-state index contributed by atoms with van der Waals surface area (Å²) in [4.78, 5) is 0. The lowest BCUT2D eigenvalue weighted by molar-refractivity contribution is 0.306. The standard InChI is InChI=1S/C18H18BrN3OS/c1-2-10-20-18(24)22-21-12-15-4-3-5-17(11-15)23-13-14-6-8-16(19)9-7-14/h2-9,11-12H,1,10,13H2,(H2,20,22,24)/b21-12+. The Balaban J connectivity index is 1.87. The van der Waals surface area contributed by atoms with Gasteiger partial charge in [0.2, 0.25) is 0 Å². The smallest absolute Gasteiger partial charge is 0.187 e. The van der Waals surface area contributed by atoms with Crippen molar-refractivity contribution in [3.05, 3.63) is 76.8 Å². The minimum Gasteiger partial charge on any atom is -0.489 e. The van der Waals surface area contributed by atoms with E-state index >= 15 is 0 Å². The van der Waals surface area contributed by atoms with Gasteiger partial charge >= 0.3 is 0 Å². The van der Waals surface area contributed by atoms with Crippen LogP contribution in [0.15, 0.2) is 70.8 Å². The fourth-order valence-corrected chi connectivity index (χ4v) is 2.20. The van der Waals surface area contributed by atoms with E-state index in [1.807, 2.05) is 48.5 Å². The number of hydrogen-bond acceptors (Lipinski definition) is 3. The molecule has 0 aromatic heterocycles. The first-order valence-electron chi connectivity index (χ1n) is 7.32. The summed E-state index contributed by atoms with van der Waals surface area (Å²) < 4.78 is 6.86. The summed E-state index contributed by atoms with van der Waals surface area (Å²) in [5.74, 6) is 0.786. The van der Waals surface area contributed by atoms with Gasteiger partial charge in [0.05, 0.1) is 6.21 Å². The maximum Gasteiger partial charge on any atom is 0.187 e. The molecule has 0 amide bonds. The summed E-state index contributed by atoms with van der Waals surface area (Å²) in [5.41, 5.74) is 4.77. The van der Waals surface area contributed by atoms with Crippen LogP contribution in [0, 0.1) is 0 Å². The zero-order valence-corrected chi connectivity index (χ0v) is 15.4. The predicted octanol–water partition coefficient (Wildman–Crippen LogP) is 4.01. The Morgan fingerprint density at radius 1 is 1.25 bits per heavy atom. The van der Waals surface area contributed by atoms with E-state index in [4.69, 9.17) is 17.0 Å². The molecule has 2 aromatic carbocycles. The van der Waals surface area contributed by atoms with Crippen molar-refractivity contribution in [2.24, 2.45) is 5.10 Å². The van der Waals surface area contributed by atoms with Gasteiger partial charge in [-0.1, -0.05) is 46.3 Å². The number of halogens is 1. The van der Waals surface area contributed by atoms with Gasteiger partial charge in [0, 0.05) is 11.0 Å². The zero-order valence-electron chi connectivity index (χ0n) is 13.0. The molecule has 0 spiro atoms. The van der Waals surface area contributed by atoms with Gasteiger partial charge < -0.3 is 10.1 Å². The Kier molecular flexibility index (Phi) is 7.45. The maximum atomic E-state index is 5.81. The third kappa shape index (κ3) is 6.52. The molecular weight excluding hydrogens is 386 g/mol. The van der Waals surface area contributed by atoms with Crippen molar-refractivity contribution >= 4 is 39.5 Å². The van der Waals surface area contributed by atoms with Crippen LogP contribution in [0.25, 0.3) is 0 Å². The molecule has 2 rings (SSSR count). The minimum atomic E-state index is 0.453. The van der Waals surface area contributed by atoms with E-state index < -0.39 is 0 Å². The third-order valence-electron chi connectivity index (χ3n) is 2.96. The van der Waals surface area contributed by atoms with E-state index in [1.54, 1.807) is 12.3 Å². The van der Waals surface area contributed by atoms with Crippen LogP contribution in [0.4, 0.5) is 0 Å². The molecule has 6 heteroatoms. The molecule has 124 valence electrons. The van der Waals surface area contributed by atoms with E-state index in [-0.39, 0.29) is 0 Å². The van der Waals surface area contributed by atoms with E-state index in [0.29, 0.717) is 18.3 Å². The second kappa shape index (κ2) is 9.85. The van der Waals surface area contributed by atoms with Gasteiger partial charge in [-0.15, -0.1) is 6.58 Å². The molecule has 0 bridgehead atoms. The molecule has 0 radical (unpaired) electrons. The summed E-state index contributed by atoms with van der Waals surface area (Å²) in [6.45, 7) is 4.72. The van der Waals surface area contributed by atoms with Crippen molar-refractivity contribution in [1.29, 1.82) is 0 Å². The van der Waals surface area contributed by atoms with Crippen LogP contribution < -0.4 is 15.5 Å². The van der Waals surface area contributed by atoms with E-state index in [2.05, 4.69) is 38.4 Å². The highest BCUT2D eigenvalue weighted by Crippen LogP contribution is 2.16. The van der Waals surface area contributed by atoms with E-state index in [0.717, 1.165) is 21.3 Å². The van der Waals surface area contributed by atoms with Crippen molar-refractivity contribution in [2.45, 2.75) is 6.61 Å². The molecule has 0 saturated heterocycles. The second-order valence-electron chi connectivity index (χ2n) is 4.86. The van der Waals surface area contributed by atoms with Crippen LogP contribution in [0.2, 0.25) is 0 Å². The van der Waals surface area contributed by atoms with Crippen LogP contribution in [0.5, 0.6) is 5.75 Å². The lowest BCUT2D eigenvalue weighted by Crippen LogP contribution is -2.31. The Morgan fingerprint density at radius 3 is 2.79 bits per heavy atom. The van der Waals surface area contributed by atoms with Crippen molar-refractivity contribution in [1.82, 2.24) is 10.7 Å². The average molecular weight is 404 g/mol. The molecule has 0 fully saturated rings. The first-order valence-corrected chi connectivity index (χ1v) is 8.52. The van der Waals surface area contributed by atoms with Crippen LogP contribution in [0.1, 0.15) is 11.1 Å². The third-order valence-corrected chi connectivity index (χ3v) is 3.73. The zero-order chi connectivity index (χ0) is 17.2. The molecule has 2 aromatic rings. The van der Waals surface area contributed by atoms with Gasteiger partial charge in [0.25, 0.3) is 0 Å². The van der Waals surface area contributed by atoms with Crippen molar-refractivity contribution in [2.75, 3.05) is 6.54 Å². The van der Waals surface area contributed by atoms with Crippen molar-refractivity contribution in [3.63, 3.8) is 0 Å². The highest BCUT2D eigenvalue weighted by molar-refractivity contribution is 9.10. The normalized spacial score (nSPS) is 10.4. The molecule has 24 heavy (non-hydrogen) atoms. The summed E-state index contributed by atoms with van der Waals surface area (Å²) in [7, 11) is 0. The molecule has 0 aliphatic rings. The van der Waals surface area contributed by atoms with Crippen LogP contribution in [0.3, 0.4) is 0 Å². The molecule has 0 unspecified atom stereocenters. The van der Waals surface area contributed by atoms with E-state index in [9.17, 15) is 0 Å². The monoisotopic (exact) mass is 403 g/mol. The van der Waals surface area contributed by atoms with Gasteiger partial charge in [-0.2, -0.15) is 5.10 Å². The minimum absolute atomic E-state index is 0.453. The van der Waals surface area contributed by atoms with Gasteiger partial charge in [0.1, 0.15) is 12.4 Å².